The van der Waals surface area contributed by atoms with Crippen LogP contribution in [0.15, 0.2) is 42.7 Å². The zero-order valence-corrected chi connectivity index (χ0v) is 15.8. The molecule has 7 nitrogen and oxygen atoms in total. The normalized spacial score (nSPS) is 14.7. The zero-order valence-electron chi connectivity index (χ0n) is 15.0. The smallest absolute Gasteiger partial charge is 0.325 e. The molecule has 2 amide bonds. The van der Waals surface area contributed by atoms with Gasteiger partial charge in [0.2, 0.25) is 5.13 Å². The molecule has 0 saturated carbocycles. The lowest BCUT2D eigenvalue weighted by atomic mass is 9.94. The minimum atomic E-state index is -0.357. The summed E-state index contributed by atoms with van der Waals surface area (Å²) in [6, 6.07) is 9.03. The number of carbonyl (C=O) groups excluding carboxylic acids is 1. The second-order valence-corrected chi connectivity index (χ2v) is 7.89. The van der Waals surface area contributed by atoms with E-state index in [0.29, 0.717) is 10.8 Å². The van der Waals surface area contributed by atoms with Gasteiger partial charge in [0.1, 0.15) is 16.4 Å². The molecule has 138 valence electrons. The average Bonchev–Trinajstić information content (AvgIpc) is 3.10. The molecular formula is C19H19N5O2S. The molecule has 3 heterocycles. The molecule has 27 heavy (non-hydrogen) atoms. The van der Waals surface area contributed by atoms with Crippen LogP contribution in [-0.2, 0) is 6.42 Å². The first-order valence-corrected chi connectivity index (χ1v) is 9.44. The summed E-state index contributed by atoms with van der Waals surface area (Å²) >= 11 is 1.31. The highest BCUT2D eigenvalue weighted by atomic mass is 32.1. The first-order chi connectivity index (χ1) is 13.0. The van der Waals surface area contributed by atoms with Gasteiger partial charge in [-0.05, 0) is 62.6 Å². The molecule has 0 radical (unpaired) electrons. The van der Waals surface area contributed by atoms with E-state index in [1.807, 2.05) is 30.3 Å². The highest BCUT2D eigenvalue weighted by molar-refractivity contribution is 7.18. The van der Waals surface area contributed by atoms with Crippen LogP contribution in [0, 0.1) is 0 Å². The molecule has 0 atom stereocenters. The number of benzene rings is 1. The lowest BCUT2D eigenvalue weighted by Crippen LogP contribution is -2.32. The van der Waals surface area contributed by atoms with Crippen LogP contribution in [0.1, 0.15) is 25.8 Å². The van der Waals surface area contributed by atoms with Gasteiger partial charge in [-0.2, -0.15) is 0 Å². The Kier molecular flexibility index (Phi) is 4.49. The van der Waals surface area contributed by atoms with E-state index in [1.165, 1.54) is 11.3 Å². The molecule has 4 rings (SSSR count). The Bertz CT molecular complexity index is 971. The molecule has 2 N–H and O–H groups in total. The first-order valence-electron chi connectivity index (χ1n) is 8.62. The summed E-state index contributed by atoms with van der Waals surface area (Å²) in [4.78, 5) is 16.3. The molecule has 0 spiro atoms. The van der Waals surface area contributed by atoms with Gasteiger partial charge in [-0.3, -0.25) is 10.3 Å². The van der Waals surface area contributed by atoms with Crippen molar-refractivity contribution >= 4 is 28.2 Å². The van der Waals surface area contributed by atoms with Gasteiger partial charge < -0.3 is 10.1 Å². The van der Waals surface area contributed by atoms with E-state index in [9.17, 15) is 4.79 Å². The van der Waals surface area contributed by atoms with Crippen molar-refractivity contribution in [2.75, 3.05) is 10.6 Å². The lowest BCUT2D eigenvalue weighted by Gasteiger charge is -2.32. The van der Waals surface area contributed by atoms with E-state index in [4.69, 9.17) is 4.74 Å². The number of hydrogen-bond donors (Lipinski definition) is 2. The Morgan fingerprint density at radius 1 is 1.15 bits per heavy atom. The maximum atomic E-state index is 12.3. The van der Waals surface area contributed by atoms with E-state index in [-0.39, 0.29) is 11.6 Å². The van der Waals surface area contributed by atoms with Crippen LogP contribution in [0.2, 0.25) is 0 Å². The summed E-state index contributed by atoms with van der Waals surface area (Å²) < 4.78 is 5.97. The maximum Gasteiger partial charge on any atom is 0.325 e. The Morgan fingerprint density at radius 2 is 1.96 bits per heavy atom. The Morgan fingerprint density at radius 3 is 2.78 bits per heavy atom. The quantitative estimate of drug-likeness (QED) is 0.704. The molecule has 0 aliphatic carbocycles. The van der Waals surface area contributed by atoms with E-state index in [0.717, 1.165) is 34.7 Å². The van der Waals surface area contributed by atoms with Gasteiger partial charge in [0, 0.05) is 23.6 Å². The molecule has 0 bridgehead atoms. The fraction of sp³-hybridized carbons (Fsp3) is 0.263. The van der Waals surface area contributed by atoms with Gasteiger partial charge in [-0.15, -0.1) is 10.2 Å². The van der Waals surface area contributed by atoms with Crippen LogP contribution in [0.25, 0.3) is 10.6 Å². The largest absolute Gasteiger partial charge is 0.488 e. The molecule has 1 aliphatic rings. The number of aromatic nitrogens is 3. The number of fused-ring (bicyclic) bond motifs is 1. The van der Waals surface area contributed by atoms with Crippen LogP contribution in [0.4, 0.5) is 15.6 Å². The fourth-order valence-electron chi connectivity index (χ4n) is 2.88. The third-order valence-electron chi connectivity index (χ3n) is 4.27. The zero-order chi connectivity index (χ0) is 18.9. The van der Waals surface area contributed by atoms with Crippen LogP contribution in [0.3, 0.4) is 0 Å². The predicted octanol–water partition coefficient (Wildman–Crippen LogP) is 4.35. The van der Waals surface area contributed by atoms with E-state index in [2.05, 4.69) is 39.7 Å². The molecule has 0 fully saturated rings. The number of aryl methyl sites for hydroxylation is 1. The van der Waals surface area contributed by atoms with E-state index < -0.39 is 0 Å². The van der Waals surface area contributed by atoms with Crippen LogP contribution in [0.5, 0.6) is 5.75 Å². The topological polar surface area (TPSA) is 89.0 Å². The highest BCUT2D eigenvalue weighted by Gasteiger charge is 2.26. The summed E-state index contributed by atoms with van der Waals surface area (Å²) in [5.74, 6) is 0.878. The van der Waals surface area contributed by atoms with Gasteiger partial charge >= 0.3 is 6.03 Å². The summed E-state index contributed by atoms with van der Waals surface area (Å²) in [5.41, 5.74) is 2.58. The molecular weight excluding hydrogens is 362 g/mol. The van der Waals surface area contributed by atoms with Gasteiger partial charge in [-0.1, -0.05) is 11.3 Å². The molecule has 1 aliphatic heterocycles. The number of hydrogen-bond acceptors (Lipinski definition) is 6. The molecule has 0 saturated heterocycles. The third-order valence-corrected chi connectivity index (χ3v) is 5.16. The van der Waals surface area contributed by atoms with Crippen LogP contribution in [-0.4, -0.2) is 26.8 Å². The number of pyridine rings is 1. The second-order valence-electron chi connectivity index (χ2n) is 6.91. The second kappa shape index (κ2) is 6.96. The van der Waals surface area contributed by atoms with E-state index >= 15 is 0 Å². The van der Waals surface area contributed by atoms with Gasteiger partial charge in [0.15, 0.2) is 0 Å². The van der Waals surface area contributed by atoms with Gasteiger partial charge in [-0.25, -0.2) is 4.79 Å². The van der Waals surface area contributed by atoms with Crippen LogP contribution < -0.4 is 15.4 Å². The number of nitrogens with one attached hydrogen (secondary N) is 2. The number of carbonyl (C=O) groups is 1. The minimum absolute atomic E-state index is 0.149. The Balaban J connectivity index is 1.41. The van der Waals surface area contributed by atoms with Crippen molar-refractivity contribution in [3.05, 3.63) is 48.3 Å². The lowest BCUT2D eigenvalue weighted by molar-refractivity contribution is 0.0847. The van der Waals surface area contributed by atoms with Crippen molar-refractivity contribution in [1.82, 2.24) is 15.2 Å². The number of nitrogens with zero attached hydrogens (tertiary/aromatic N) is 3. The van der Waals surface area contributed by atoms with Crippen molar-refractivity contribution in [3.63, 3.8) is 0 Å². The van der Waals surface area contributed by atoms with Crippen molar-refractivity contribution < 1.29 is 9.53 Å². The number of rotatable bonds is 3. The molecule has 1 aromatic carbocycles. The minimum Gasteiger partial charge on any atom is -0.488 e. The highest BCUT2D eigenvalue weighted by Crippen LogP contribution is 2.34. The first kappa shape index (κ1) is 17.4. The summed E-state index contributed by atoms with van der Waals surface area (Å²) in [6.45, 7) is 4.16. The fourth-order valence-corrected chi connectivity index (χ4v) is 3.62. The molecule has 0 unspecified atom stereocenters. The van der Waals surface area contributed by atoms with Crippen molar-refractivity contribution in [3.8, 4) is 16.3 Å². The Hall–Kier alpha value is -3.00. The van der Waals surface area contributed by atoms with Crippen molar-refractivity contribution in [1.29, 1.82) is 0 Å². The van der Waals surface area contributed by atoms with Gasteiger partial charge in [0.05, 0.1) is 0 Å². The Labute approximate surface area is 160 Å². The number of anilines is 2. The average molecular weight is 381 g/mol. The number of ether oxygens (including phenoxy) is 1. The van der Waals surface area contributed by atoms with E-state index in [1.54, 1.807) is 12.4 Å². The van der Waals surface area contributed by atoms with Crippen molar-refractivity contribution in [2.45, 2.75) is 32.3 Å². The SMILES string of the molecule is CC1(C)CCc2cc(NC(=O)Nc3nnc(-c4ccncc4)s3)ccc2O1. The van der Waals surface area contributed by atoms with Crippen molar-refractivity contribution in [2.24, 2.45) is 0 Å². The summed E-state index contributed by atoms with van der Waals surface area (Å²) in [5, 5.41) is 14.8. The third kappa shape index (κ3) is 4.06. The molecule has 3 aromatic rings. The number of amides is 2. The standard InChI is InChI=1S/C19H19N5O2S/c1-19(2)8-5-13-11-14(3-4-15(13)26-19)21-17(25)22-18-24-23-16(27-18)12-6-9-20-10-7-12/h3-4,6-7,9-11H,5,8H2,1-2H3,(H2,21,22,24,25). The molecule has 2 aromatic heterocycles. The molecule has 8 heteroatoms. The predicted molar refractivity (Wildman–Crippen MR) is 105 cm³/mol. The summed E-state index contributed by atoms with van der Waals surface area (Å²) in [7, 11) is 0. The number of urea groups is 1. The monoisotopic (exact) mass is 381 g/mol. The van der Waals surface area contributed by atoms with Gasteiger partial charge in [0.25, 0.3) is 0 Å². The summed E-state index contributed by atoms with van der Waals surface area (Å²) in [6.07, 6.45) is 5.25. The van der Waals surface area contributed by atoms with Crippen LogP contribution >= 0.6 is 11.3 Å². The maximum absolute atomic E-state index is 12.3.